The van der Waals surface area contributed by atoms with Crippen molar-refractivity contribution >= 4 is 23.2 Å². The van der Waals surface area contributed by atoms with E-state index in [1.165, 1.54) is 5.56 Å². The molecule has 0 aliphatic carbocycles. The molecule has 0 bridgehead atoms. The summed E-state index contributed by atoms with van der Waals surface area (Å²) in [7, 11) is 0. The average molecular weight is 295 g/mol. The summed E-state index contributed by atoms with van der Waals surface area (Å²) in [5.74, 6) is 0. The summed E-state index contributed by atoms with van der Waals surface area (Å²) in [5, 5.41) is 4.76. The molecule has 1 aromatic carbocycles. The Morgan fingerprint density at radius 3 is 2.63 bits per heavy atom. The molecule has 0 aliphatic heterocycles. The number of hydrogen-bond donors (Lipinski definition) is 1. The third kappa shape index (κ3) is 3.27. The molecule has 0 fully saturated rings. The van der Waals surface area contributed by atoms with Gasteiger partial charge in [0.2, 0.25) is 0 Å². The summed E-state index contributed by atoms with van der Waals surface area (Å²) >= 11 is 12.3. The van der Waals surface area contributed by atoms with Crippen molar-refractivity contribution in [2.45, 2.75) is 19.9 Å². The van der Waals surface area contributed by atoms with Crippen molar-refractivity contribution in [1.29, 1.82) is 0 Å². The Balaban J connectivity index is 2.48. The van der Waals surface area contributed by atoms with E-state index in [0.29, 0.717) is 10.0 Å². The number of nitrogens with zero attached hydrogens (tertiary/aromatic N) is 1. The highest BCUT2D eigenvalue weighted by Crippen LogP contribution is 2.31. The second-order valence-corrected chi connectivity index (χ2v) is 5.23. The van der Waals surface area contributed by atoms with Gasteiger partial charge in [0.15, 0.2) is 0 Å². The molecule has 2 rings (SSSR count). The zero-order valence-corrected chi connectivity index (χ0v) is 12.5. The molecule has 1 heterocycles. The molecule has 0 saturated heterocycles. The first-order valence-electron chi connectivity index (χ1n) is 6.22. The highest BCUT2D eigenvalue weighted by Gasteiger charge is 2.18. The van der Waals surface area contributed by atoms with Crippen molar-refractivity contribution in [2.24, 2.45) is 0 Å². The third-order valence-electron chi connectivity index (χ3n) is 3.07. The minimum Gasteiger partial charge on any atom is -0.306 e. The number of benzene rings is 1. The molecule has 0 spiro atoms. The van der Waals surface area contributed by atoms with Gasteiger partial charge in [0.1, 0.15) is 0 Å². The molecule has 0 aliphatic rings. The monoisotopic (exact) mass is 294 g/mol. The lowest BCUT2D eigenvalue weighted by Crippen LogP contribution is -2.23. The van der Waals surface area contributed by atoms with Gasteiger partial charge in [-0.05, 0) is 48.4 Å². The molecule has 4 heteroatoms. The second kappa shape index (κ2) is 6.38. The molecule has 19 heavy (non-hydrogen) atoms. The standard InChI is InChI=1S/C15H16Cl2N2/c1-3-19-15(13-9-18-7-6-10(13)2)12-5-4-11(16)8-14(12)17/h4-9,15,19H,3H2,1-2H3. The van der Waals surface area contributed by atoms with Crippen LogP contribution < -0.4 is 5.32 Å². The number of hydrogen-bond acceptors (Lipinski definition) is 2. The Kier molecular flexibility index (Phi) is 4.81. The van der Waals surface area contributed by atoms with Crippen molar-refractivity contribution in [1.82, 2.24) is 10.3 Å². The Hall–Kier alpha value is -1.09. The van der Waals surface area contributed by atoms with Crippen molar-refractivity contribution in [2.75, 3.05) is 6.54 Å². The van der Waals surface area contributed by atoms with E-state index in [4.69, 9.17) is 23.2 Å². The maximum atomic E-state index is 6.32. The first-order valence-corrected chi connectivity index (χ1v) is 6.98. The van der Waals surface area contributed by atoms with Crippen LogP contribution in [-0.4, -0.2) is 11.5 Å². The lowest BCUT2D eigenvalue weighted by atomic mass is 9.96. The molecule has 100 valence electrons. The fourth-order valence-corrected chi connectivity index (χ4v) is 2.62. The summed E-state index contributed by atoms with van der Waals surface area (Å²) in [5.41, 5.74) is 3.34. The normalized spacial score (nSPS) is 12.4. The van der Waals surface area contributed by atoms with Crippen LogP contribution in [0.15, 0.2) is 36.7 Å². The fourth-order valence-electron chi connectivity index (χ4n) is 2.11. The lowest BCUT2D eigenvalue weighted by molar-refractivity contribution is 0.626. The van der Waals surface area contributed by atoms with Crippen molar-refractivity contribution in [3.05, 3.63) is 63.4 Å². The zero-order chi connectivity index (χ0) is 13.8. The first-order chi connectivity index (χ1) is 9.13. The molecule has 1 N–H and O–H groups in total. The predicted octanol–water partition coefficient (Wildman–Crippen LogP) is 4.40. The van der Waals surface area contributed by atoms with E-state index in [1.807, 2.05) is 24.4 Å². The van der Waals surface area contributed by atoms with Gasteiger partial charge in [0.05, 0.1) is 6.04 Å². The number of aryl methyl sites for hydroxylation is 1. The summed E-state index contributed by atoms with van der Waals surface area (Å²) in [6.07, 6.45) is 3.68. The topological polar surface area (TPSA) is 24.9 Å². The number of aromatic nitrogens is 1. The van der Waals surface area contributed by atoms with E-state index in [9.17, 15) is 0 Å². The molecular formula is C15H16Cl2N2. The Morgan fingerprint density at radius 2 is 2.00 bits per heavy atom. The fraction of sp³-hybridized carbons (Fsp3) is 0.267. The van der Waals surface area contributed by atoms with Gasteiger partial charge in [-0.3, -0.25) is 4.98 Å². The van der Waals surface area contributed by atoms with Crippen LogP contribution >= 0.6 is 23.2 Å². The van der Waals surface area contributed by atoms with Gasteiger partial charge in [-0.2, -0.15) is 0 Å². The van der Waals surface area contributed by atoms with Gasteiger partial charge in [-0.1, -0.05) is 36.2 Å². The molecule has 0 saturated carbocycles. The van der Waals surface area contributed by atoms with Crippen molar-refractivity contribution in [3.63, 3.8) is 0 Å². The molecule has 0 amide bonds. The summed E-state index contributed by atoms with van der Waals surface area (Å²) < 4.78 is 0. The van der Waals surface area contributed by atoms with E-state index < -0.39 is 0 Å². The van der Waals surface area contributed by atoms with E-state index in [2.05, 4.69) is 24.1 Å². The quantitative estimate of drug-likeness (QED) is 0.904. The van der Waals surface area contributed by atoms with Gasteiger partial charge in [-0.15, -0.1) is 0 Å². The van der Waals surface area contributed by atoms with Gasteiger partial charge in [0, 0.05) is 22.4 Å². The van der Waals surface area contributed by atoms with Gasteiger partial charge < -0.3 is 5.32 Å². The number of halogens is 2. The molecule has 2 nitrogen and oxygen atoms in total. The largest absolute Gasteiger partial charge is 0.306 e. The van der Waals surface area contributed by atoms with Crippen LogP contribution in [0.3, 0.4) is 0 Å². The smallest absolute Gasteiger partial charge is 0.0609 e. The molecule has 0 radical (unpaired) electrons. The Bertz CT molecular complexity index is 570. The lowest BCUT2D eigenvalue weighted by Gasteiger charge is -2.21. The predicted molar refractivity (Wildman–Crippen MR) is 81.0 cm³/mol. The van der Waals surface area contributed by atoms with Crippen LogP contribution in [0.4, 0.5) is 0 Å². The molecule has 1 atom stereocenters. The van der Waals surface area contributed by atoms with Crippen molar-refractivity contribution < 1.29 is 0 Å². The number of rotatable bonds is 4. The first kappa shape index (κ1) is 14.3. The van der Waals surface area contributed by atoms with Gasteiger partial charge >= 0.3 is 0 Å². The summed E-state index contributed by atoms with van der Waals surface area (Å²) in [6, 6.07) is 7.63. The SMILES string of the molecule is CCNC(c1cnccc1C)c1ccc(Cl)cc1Cl. The minimum absolute atomic E-state index is 0.0310. The van der Waals surface area contributed by atoms with E-state index in [1.54, 1.807) is 12.3 Å². The van der Waals surface area contributed by atoms with Crippen LogP contribution in [0.1, 0.15) is 29.7 Å². The number of nitrogens with one attached hydrogen (secondary N) is 1. The third-order valence-corrected chi connectivity index (χ3v) is 3.63. The molecule has 2 aromatic rings. The Morgan fingerprint density at radius 1 is 1.21 bits per heavy atom. The van der Waals surface area contributed by atoms with Crippen LogP contribution in [-0.2, 0) is 0 Å². The zero-order valence-electron chi connectivity index (χ0n) is 11.0. The highest BCUT2D eigenvalue weighted by atomic mass is 35.5. The van der Waals surface area contributed by atoms with Crippen LogP contribution in [0.5, 0.6) is 0 Å². The highest BCUT2D eigenvalue weighted by molar-refractivity contribution is 6.35. The van der Waals surface area contributed by atoms with Crippen LogP contribution in [0.2, 0.25) is 10.0 Å². The van der Waals surface area contributed by atoms with Gasteiger partial charge in [0.25, 0.3) is 0 Å². The van der Waals surface area contributed by atoms with Crippen LogP contribution in [0, 0.1) is 6.92 Å². The second-order valence-electron chi connectivity index (χ2n) is 4.39. The average Bonchev–Trinajstić information content (AvgIpc) is 2.38. The van der Waals surface area contributed by atoms with Gasteiger partial charge in [-0.25, -0.2) is 0 Å². The summed E-state index contributed by atoms with van der Waals surface area (Å²) in [4.78, 5) is 4.21. The van der Waals surface area contributed by atoms with E-state index >= 15 is 0 Å². The molecular weight excluding hydrogens is 279 g/mol. The molecule has 1 aromatic heterocycles. The summed E-state index contributed by atoms with van der Waals surface area (Å²) in [6.45, 7) is 4.99. The maximum Gasteiger partial charge on any atom is 0.0609 e. The van der Waals surface area contributed by atoms with Crippen molar-refractivity contribution in [3.8, 4) is 0 Å². The van der Waals surface area contributed by atoms with E-state index in [-0.39, 0.29) is 6.04 Å². The van der Waals surface area contributed by atoms with Crippen LogP contribution in [0.25, 0.3) is 0 Å². The number of pyridine rings is 1. The maximum absolute atomic E-state index is 6.32. The Labute approximate surface area is 123 Å². The molecule has 1 unspecified atom stereocenters. The minimum atomic E-state index is 0.0310. The van der Waals surface area contributed by atoms with E-state index in [0.717, 1.165) is 17.7 Å².